The summed E-state index contributed by atoms with van der Waals surface area (Å²) in [6, 6.07) is 0. The highest BCUT2D eigenvalue weighted by Gasteiger charge is 2.31. The molecule has 0 aromatic heterocycles. The molecular formula is C12H26N2O4S. The number of aliphatic hydroxyl groups excluding tert-OH is 1. The second kappa shape index (κ2) is 6.99. The Bertz CT molecular complexity index is 362. The number of aliphatic hydroxyl groups is 1. The van der Waals surface area contributed by atoms with Crippen molar-refractivity contribution in [3.05, 3.63) is 0 Å². The molecule has 0 amide bonds. The highest BCUT2D eigenvalue weighted by molar-refractivity contribution is 7.87. The molecule has 0 aromatic carbocycles. The van der Waals surface area contributed by atoms with Crippen molar-refractivity contribution in [2.45, 2.75) is 52.4 Å². The first-order chi connectivity index (χ1) is 8.70. The SMILES string of the molecule is CC(C)CC(O)CNS(=O)(=O)N1CC(C)OC(C)C1. The van der Waals surface area contributed by atoms with E-state index in [1.54, 1.807) is 0 Å². The van der Waals surface area contributed by atoms with E-state index < -0.39 is 16.3 Å². The van der Waals surface area contributed by atoms with Gasteiger partial charge in [-0.3, -0.25) is 0 Å². The summed E-state index contributed by atoms with van der Waals surface area (Å²) in [7, 11) is -3.54. The highest BCUT2D eigenvalue weighted by Crippen LogP contribution is 2.13. The number of nitrogens with zero attached hydrogens (tertiary/aromatic N) is 1. The molecule has 0 radical (unpaired) electrons. The van der Waals surface area contributed by atoms with E-state index >= 15 is 0 Å². The maximum absolute atomic E-state index is 12.1. The Balaban J connectivity index is 2.51. The van der Waals surface area contributed by atoms with Gasteiger partial charge in [0.15, 0.2) is 0 Å². The lowest BCUT2D eigenvalue weighted by Gasteiger charge is -2.34. The molecular weight excluding hydrogens is 268 g/mol. The van der Waals surface area contributed by atoms with Gasteiger partial charge in [-0.05, 0) is 26.2 Å². The third kappa shape index (κ3) is 5.74. The Morgan fingerprint density at radius 2 is 1.84 bits per heavy atom. The maximum atomic E-state index is 12.1. The Hall–Kier alpha value is -0.210. The van der Waals surface area contributed by atoms with Gasteiger partial charge in [0.2, 0.25) is 0 Å². The molecule has 7 heteroatoms. The van der Waals surface area contributed by atoms with Crippen LogP contribution >= 0.6 is 0 Å². The summed E-state index contributed by atoms with van der Waals surface area (Å²) >= 11 is 0. The number of hydrogen-bond acceptors (Lipinski definition) is 4. The van der Waals surface area contributed by atoms with Crippen molar-refractivity contribution in [2.75, 3.05) is 19.6 Å². The second-order valence-corrected chi connectivity index (χ2v) is 7.47. The van der Waals surface area contributed by atoms with Crippen molar-refractivity contribution in [3.8, 4) is 0 Å². The number of morpholine rings is 1. The van der Waals surface area contributed by atoms with Crippen LogP contribution in [0.3, 0.4) is 0 Å². The Kier molecular flexibility index (Phi) is 6.19. The van der Waals surface area contributed by atoms with Gasteiger partial charge < -0.3 is 9.84 Å². The fourth-order valence-electron chi connectivity index (χ4n) is 2.25. The molecule has 0 saturated carbocycles. The van der Waals surface area contributed by atoms with Crippen LogP contribution in [0.2, 0.25) is 0 Å². The lowest BCUT2D eigenvalue weighted by Crippen LogP contribution is -2.52. The van der Waals surface area contributed by atoms with Gasteiger partial charge in [0.05, 0.1) is 18.3 Å². The van der Waals surface area contributed by atoms with E-state index in [2.05, 4.69) is 4.72 Å². The van der Waals surface area contributed by atoms with E-state index in [4.69, 9.17) is 4.74 Å². The molecule has 0 aliphatic carbocycles. The Morgan fingerprint density at radius 3 is 2.32 bits per heavy atom. The van der Waals surface area contributed by atoms with Crippen LogP contribution in [0.4, 0.5) is 0 Å². The Labute approximate surface area is 116 Å². The number of hydrogen-bond donors (Lipinski definition) is 2. The highest BCUT2D eigenvalue weighted by atomic mass is 32.2. The van der Waals surface area contributed by atoms with Crippen LogP contribution < -0.4 is 4.72 Å². The normalized spacial score (nSPS) is 27.7. The molecule has 0 spiro atoms. The van der Waals surface area contributed by atoms with Gasteiger partial charge in [0.1, 0.15) is 0 Å². The van der Waals surface area contributed by atoms with Gasteiger partial charge in [-0.25, -0.2) is 0 Å². The van der Waals surface area contributed by atoms with Crippen LogP contribution in [0.15, 0.2) is 0 Å². The van der Waals surface area contributed by atoms with Crippen LogP contribution in [0.1, 0.15) is 34.1 Å². The van der Waals surface area contributed by atoms with E-state index in [1.165, 1.54) is 4.31 Å². The molecule has 1 rings (SSSR count). The predicted molar refractivity (Wildman–Crippen MR) is 74.0 cm³/mol. The standard InChI is InChI=1S/C12H26N2O4S/c1-9(2)5-12(15)6-13-19(16,17)14-7-10(3)18-11(4)8-14/h9-13,15H,5-8H2,1-4H3. The minimum atomic E-state index is -3.54. The van der Waals surface area contributed by atoms with Crippen LogP contribution in [-0.4, -0.2) is 55.8 Å². The zero-order valence-electron chi connectivity index (χ0n) is 12.2. The van der Waals surface area contributed by atoms with E-state index in [1.807, 2.05) is 27.7 Å². The van der Waals surface area contributed by atoms with Gasteiger partial charge in [-0.1, -0.05) is 13.8 Å². The first kappa shape index (κ1) is 16.8. The van der Waals surface area contributed by atoms with Crippen LogP contribution in [0.5, 0.6) is 0 Å². The third-order valence-electron chi connectivity index (χ3n) is 2.97. The quantitative estimate of drug-likeness (QED) is 0.740. The largest absolute Gasteiger partial charge is 0.392 e. The number of ether oxygens (including phenoxy) is 1. The van der Waals surface area contributed by atoms with Gasteiger partial charge >= 0.3 is 0 Å². The van der Waals surface area contributed by atoms with Gasteiger partial charge in [-0.15, -0.1) is 0 Å². The number of rotatable bonds is 6. The van der Waals surface area contributed by atoms with Gasteiger partial charge in [0, 0.05) is 19.6 Å². The predicted octanol–water partition coefficient (Wildman–Crippen LogP) is 0.337. The van der Waals surface area contributed by atoms with E-state index in [9.17, 15) is 13.5 Å². The first-order valence-electron chi connectivity index (χ1n) is 6.79. The van der Waals surface area contributed by atoms with Crippen molar-refractivity contribution in [1.29, 1.82) is 0 Å². The van der Waals surface area contributed by atoms with E-state index in [0.717, 1.165) is 0 Å². The molecule has 6 nitrogen and oxygen atoms in total. The molecule has 1 aliphatic rings. The van der Waals surface area contributed by atoms with Gasteiger partial charge in [-0.2, -0.15) is 17.4 Å². The topological polar surface area (TPSA) is 78.9 Å². The summed E-state index contributed by atoms with van der Waals surface area (Å²) in [5.74, 6) is 0.336. The van der Waals surface area contributed by atoms with Crippen molar-refractivity contribution in [3.63, 3.8) is 0 Å². The molecule has 2 N–H and O–H groups in total. The summed E-state index contributed by atoms with van der Waals surface area (Å²) in [6.45, 7) is 8.43. The van der Waals surface area contributed by atoms with Crippen molar-refractivity contribution >= 4 is 10.2 Å². The number of nitrogens with one attached hydrogen (secondary N) is 1. The minimum absolute atomic E-state index is 0.0562. The fraction of sp³-hybridized carbons (Fsp3) is 1.00. The average molecular weight is 294 g/mol. The van der Waals surface area contributed by atoms with E-state index in [-0.39, 0.29) is 18.8 Å². The minimum Gasteiger partial charge on any atom is -0.392 e. The molecule has 114 valence electrons. The zero-order chi connectivity index (χ0) is 14.6. The van der Waals surface area contributed by atoms with Crippen molar-refractivity contribution < 1.29 is 18.3 Å². The first-order valence-corrected chi connectivity index (χ1v) is 8.23. The monoisotopic (exact) mass is 294 g/mol. The average Bonchev–Trinajstić information content (AvgIpc) is 2.24. The maximum Gasteiger partial charge on any atom is 0.279 e. The van der Waals surface area contributed by atoms with Crippen LogP contribution in [0.25, 0.3) is 0 Å². The van der Waals surface area contributed by atoms with Crippen LogP contribution in [0, 0.1) is 5.92 Å². The summed E-state index contributed by atoms with van der Waals surface area (Å²) in [4.78, 5) is 0. The zero-order valence-corrected chi connectivity index (χ0v) is 13.0. The smallest absolute Gasteiger partial charge is 0.279 e. The van der Waals surface area contributed by atoms with Crippen LogP contribution in [-0.2, 0) is 14.9 Å². The second-order valence-electron chi connectivity index (χ2n) is 5.71. The summed E-state index contributed by atoms with van der Waals surface area (Å²) in [5, 5.41) is 9.72. The lowest BCUT2D eigenvalue weighted by atomic mass is 10.1. The fourth-order valence-corrected chi connectivity index (χ4v) is 3.65. The molecule has 1 heterocycles. The Morgan fingerprint density at radius 1 is 1.32 bits per heavy atom. The van der Waals surface area contributed by atoms with E-state index in [0.29, 0.717) is 25.4 Å². The summed E-state index contributed by atoms with van der Waals surface area (Å²) in [6.07, 6.45) is -0.286. The summed E-state index contributed by atoms with van der Waals surface area (Å²) in [5.41, 5.74) is 0. The molecule has 3 unspecified atom stereocenters. The van der Waals surface area contributed by atoms with Crippen molar-refractivity contribution in [1.82, 2.24) is 9.03 Å². The molecule has 1 aliphatic heterocycles. The lowest BCUT2D eigenvalue weighted by molar-refractivity contribution is -0.0444. The molecule has 19 heavy (non-hydrogen) atoms. The van der Waals surface area contributed by atoms with Gasteiger partial charge in [0.25, 0.3) is 10.2 Å². The molecule has 0 aromatic rings. The molecule has 1 fully saturated rings. The molecule has 3 atom stereocenters. The molecule has 1 saturated heterocycles. The summed E-state index contributed by atoms with van der Waals surface area (Å²) < 4.78 is 33.6. The molecule has 0 bridgehead atoms. The van der Waals surface area contributed by atoms with Crippen molar-refractivity contribution in [2.24, 2.45) is 5.92 Å². The third-order valence-corrected chi connectivity index (χ3v) is 4.48.